The Balaban J connectivity index is 2.09. The minimum atomic E-state index is -0.678. The average molecular weight is 248 g/mol. The highest BCUT2D eigenvalue weighted by Gasteiger charge is 2.51. The number of likely N-dealkylation sites (tertiary alicyclic amines) is 1. The van der Waals surface area contributed by atoms with Gasteiger partial charge in [-0.2, -0.15) is 5.26 Å². The van der Waals surface area contributed by atoms with E-state index in [0.717, 1.165) is 45.1 Å². The summed E-state index contributed by atoms with van der Waals surface area (Å²) >= 11 is 0. The van der Waals surface area contributed by atoms with Crippen molar-refractivity contribution in [3.8, 4) is 6.07 Å². The fraction of sp³-hybridized carbons (Fsp3) is 0.867. The van der Waals surface area contributed by atoms with Crippen molar-refractivity contribution in [2.24, 2.45) is 11.3 Å². The summed E-state index contributed by atoms with van der Waals surface area (Å²) in [5.41, 5.74) is -0.678. The normalized spacial score (nSPS) is 35.7. The fourth-order valence-corrected chi connectivity index (χ4v) is 3.62. The Kier molecular flexibility index (Phi) is 3.94. The molecule has 1 aliphatic carbocycles. The molecule has 0 radical (unpaired) electrons. The first-order valence-electron chi connectivity index (χ1n) is 7.35. The fourth-order valence-electron chi connectivity index (χ4n) is 3.62. The Morgan fingerprint density at radius 1 is 1.44 bits per heavy atom. The van der Waals surface area contributed by atoms with E-state index in [-0.39, 0.29) is 5.91 Å². The number of hydrogen-bond acceptors (Lipinski definition) is 2. The molecule has 2 rings (SSSR count). The summed E-state index contributed by atoms with van der Waals surface area (Å²) in [6.45, 7) is 5.16. The molecule has 1 amide bonds. The zero-order valence-electron chi connectivity index (χ0n) is 11.6. The Labute approximate surface area is 110 Å². The first-order valence-corrected chi connectivity index (χ1v) is 7.35. The quantitative estimate of drug-likeness (QED) is 0.770. The van der Waals surface area contributed by atoms with Crippen LogP contribution in [-0.2, 0) is 4.79 Å². The molecule has 2 fully saturated rings. The summed E-state index contributed by atoms with van der Waals surface area (Å²) in [4.78, 5) is 14.7. The van der Waals surface area contributed by atoms with Gasteiger partial charge in [0.05, 0.1) is 6.07 Å². The molecule has 0 spiro atoms. The second-order valence-electron chi connectivity index (χ2n) is 6.14. The molecule has 0 aromatic carbocycles. The summed E-state index contributed by atoms with van der Waals surface area (Å²) < 4.78 is 0. The SMILES string of the molecule is CCCC1CCCCN1C(=O)C1(C#N)CC(C)C1. The number of piperidine rings is 1. The number of rotatable bonds is 3. The predicted molar refractivity (Wildman–Crippen MR) is 70.7 cm³/mol. The van der Waals surface area contributed by atoms with Crippen LogP contribution >= 0.6 is 0 Å². The molecule has 0 aromatic rings. The molecule has 1 saturated carbocycles. The summed E-state index contributed by atoms with van der Waals surface area (Å²) in [6, 6.07) is 2.70. The van der Waals surface area contributed by atoms with E-state index < -0.39 is 5.41 Å². The van der Waals surface area contributed by atoms with Crippen LogP contribution in [0, 0.1) is 22.7 Å². The van der Waals surface area contributed by atoms with E-state index in [1.54, 1.807) is 0 Å². The zero-order chi connectivity index (χ0) is 13.2. The predicted octanol–water partition coefficient (Wildman–Crippen LogP) is 3.11. The summed E-state index contributed by atoms with van der Waals surface area (Å²) in [5, 5.41) is 9.37. The van der Waals surface area contributed by atoms with Crippen molar-refractivity contribution in [1.29, 1.82) is 5.26 Å². The molecule has 0 aromatic heterocycles. The summed E-state index contributed by atoms with van der Waals surface area (Å²) in [7, 11) is 0. The topological polar surface area (TPSA) is 44.1 Å². The van der Waals surface area contributed by atoms with Crippen molar-refractivity contribution in [1.82, 2.24) is 4.90 Å². The van der Waals surface area contributed by atoms with Gasteiger partial charge in [-0.05, 0) is 44.4 Å². The Hall–Kier alpha value is -1.04. The van der Waals surface area contributed by atoms with Gasteiger partial charge in [-0.25, -0.2) is 0 Å². The molecular weight excluding hydrogens is 224 g/mol. The van der Waals surface area contributed by atoms with Crippen molar-refractivity contribution in [3.63, 3.8) is 0 Å². The Morgan fingerprint density at radius 2 is 2.17 bits per heavy atom. The lowest BCUT2D eigenvalue weighted by molar-refractivity contribution is -0.149. The first-order chi connectivity index (χ1) is 8.63. The number of hydrogen-bond donors (Lipinski definition) is 0. The number of carbonyl (C=O) groups excluding carboxylic acids is 1. The van der Waals surface area contributed by atoms with Gasteiger partial charge in [0.15, 0.2) is 0 Å². The van der Waals surface area contributed by atoms with Crippen molar-refractivity contribution in [2.45, 2.75) is 64.8 Å². The average Bonchev–Trinajstić information content (AvgIpc) is 2.35. The van der Waals surface area contributed by atoms with Crippen LogP contribution in [0.5, 0.6) is 0 Å². The van der Waals surface area contributed by atoms with Gasteiger partial charge in [-0.3, -0.25) is 4.79 Å². The van der Waals surface area contributed by atoms with Crippen LogP contribution in [0.15, 0.2) is 0 Å². The van der Waals surface area contributed by atoms with E-state index in [2.05, 4.69) is 19.9 Å². The molecule has 1 unspecified atom stereocenters. The maximum atomic E-state index is 12.7. The summed E-state index contributed by atoms with van der Waals surface area (Å²) in [6.07, 6.45) is 7.17. The first kappa shape index (κ1) is 13.4. The number of nitrogens with zero attached hydrogens (tertiary/aromatic N) is 2. The van der Waals surface area contributed by atoms with Gasteiger partial charge in [-0.1, -0.05) is 20.3 Å². The van der Waals surface area contributed by atoms with Crippen LogP contribution in [0.3, 0.4) is 0 Å². The molecule has 1 heterocycles. The largest absolute Gasteiger partial charge is 0.338 e. The van der Waals surface area contributed by atoms with E-state index >= 15 is 0 Å². The lowest BCUT2D eigenvalue weighted by Gasteiger charge is -2.46. The van der Waals surface area contributed by atoms with Gasteiger partial charge < -0.3 is 4.90 Å². The van der Waals surface area contributed by atoms with Crippen molar-refractivity contribution >= 4 is 5.91 Å². The van der Waals surface area contributed by atoms with Crippen LogP contribution in [0.25, 0.3) is 0 Å². The Morgan fingerprint density at radius 3 is 2.72 bits per heavy atom. The van der Waals surface area contributed by atoms with Gasteiger partial charge in [-0.15, -0.1) is 0 Å². The smallest absolute Gasteiger partial charge is 0.243 e. The number of amides is 1. The highest BCUT2D eigenvalue weighted by Crippen LogP contribution is 2.47. The monoisotopic (exact) mass is 248 g/mol. The Bertz CT molecular complexity index is 350. The molecule has 0 N–H and O–H groups in total. The minimum Gasteiger partial charge on any atom is -0.338 e. The molecule has 1 atom stereocenters. The third kappa shape index (κ3) is 2.25. The van der Waals surface area contributed by atoms with Crippen LogP contribution in [0.2, 0.25) is 0 Å². The molecular formula is C15H24N2O. The van der Waals surface area contributed by atoms with E-state index in [0.29, 0.717) is 12.0 Å². The molecule has 2 aliphatic rings. The maximum absolute atomic E-state index is 12.7. The van der Waals surface area contributed by atoms with Gasteiger partial charge in [0.1, 0.15) is 5.41 Å². The molecule has 1 saturated heterocycles. The van der Waals surface area contributed by atoms with Crippen molar-refractivity contribution in [3.05, 3.63) is 0 Å². The van der Waals surface area contributed by atoms with Crippen LogP contribution in [0.1, 0.15) is 58.8 Å². The molecule has 18 heavy (non-hydrogen) atoms. The second-order valence-corrected chi connectivity index (χ2v) is 6.14. The molecule has 0 bridgehead atoms. The van der Waals surface area contributed by atoms with Crippen LogP contribution in [-0.4, -0.2) is 23.4 Å². The van der Waals surface area contributed by atoms with E-state index in [4.69, 9.17) is 0 Å². The van der Waals surface area contributed by atoms with Crippen molar-refractivity contribution < 1.29 is 4.79 Å². The van der Waals surface area contributed by atoms with Gasteiger partial charge >= 0.3 is 0 Å². The number of nitriles is 1. The third-order valence-corrected chi connectivity index (χ3v) is 4.53. The summed E-state index contributed by atoms with van der Waals surface area (Å²) in [5.74, 6) is 0.657. The molecule has 3 nitrogen and oxygen atoms in total. The van der Waals surface area contributed by atoms with E-state index in [1.165, 1.54) is 6.42 Å². The van der Waals surface area contributed by atoms with Gasteiger partial charge in [0.2, 0.25) is 5.91 Å². The minimum absolute atomic E-state index is 0.126. The van der Waals surface area contributed by atoms with Crippen LogP contribution < -0.4 is 0 Å². The maximum Gasteiger partial charge on any atom is 0.243 e. The number of carbonyl (C=O) groups is 1. The molecule has 1 aliphatic heterocycles. The van der Waals surface area contributed by atoms with Gasteiger partial charge in [0.25, 0.3) is 0 Å². The van der Waals surface area contributed by atoms with Gasteiger partial charge in [0, 0.05) is 12.6 Å². The third-order valence-electron chi connectivity index (χ3n) is 4.53. The van der Waals surface area contributed by atoms with E-state index in [9.17, 15) is 10.1 Å². The standard InChI is InChI=1S/C15H24N2O/c1-3-6-13-7-4-5-8-17(13)14(18)15(11-16)9-12(2)10-15/h12-13H,3-10H2,1-2H3. The van der Waals surface area contributed by atoms with Crippen LogP contribution in [0.4, 0.5) is 0 Å². The molecule has 3 heteroatoms. The highest BCUT2D eigenvalue weighted by atomic mass is 16.2. The highest BCUT2D eigenvalue weighted by molar-refractivity contribution is 5.87. The molecule has 100 valence electrons. The van der Waals surface area contributed by atoms with E-state index in [1.807, 2.05) is 4.90 Å². The zero-order valence-corrected chi connectivity index (χ0v) is 11.6. The lowest BCUT2D eigenvalue weighted by atomic mass is 9.62. The lowest BCUT2D eigenvalue weighted by Crippen LogP contribution is -2.54. The second kappa shape index (κ2) is 5.30. The van der Waals surface area contributed by atoms with Crippen molar-refractivity contribution in [2.75, 3.05) is 6.54 Å².